The summed E-state index contributed by atoms with van der Waals surface area (Å²) in [6, 6.07) is 0. The minimum absolute atomic E-state index is 0.0443. The van der Waals surface area contributed by atoms with Crippen LogP contribution in [0.5, 0.6) is 0 Å². The summed E-state index contributed by atoms with van der Waals surface area (Å²) in [6.45, 7) is 14.4. The van der Waals surface area contributed by atoms with Crippen LogP contribution in [-0.4, -0.2) is 274 Å². The standard InChI is InChI=1S/C59H98O26/c1-24-35(65)40(70)44(74)49(77-24)84-48-43(73)39(69)30(21-62)80-53(48)85-47-42(72)38(68)29(20-61)79-52(47)81-33-12-13-56(5)31(57(33,6)23-63)11-14-59(8)32(56)10-9-25-26-17-54(2,3)18-34(55(26,4)15-16-58(25,59)7)82-51-46(36(66)27(64)22-76-51)83-50-45(75)41(71)37(67)28(19-60)78-50/h9,24,26-53,60-75H,10-23H2,1-8H3/t24-,26-,27-,28+,29+,30+,31-,32-,33-,34+,35-,36-,37+,38+,39-,40+,41-,42-,43-,44+,45+,46+,47+,48+,49-,50-,51-,52-,53-,55+,56-,57+,58+,59+/m0/s1. The number of hydrogen-bond acceptors (Lipinski definition) is 26. The molecule has 10 rings (SSSR count). The lowest BCUT2D eigenvalue weighted by Gasteiger charge is -2.72. The van der Waals surface area contributed by atoms with Gasteiger partial charge in [-0.2, -0.15) is 0 Å². The number of hydrogen-bond donors (Lipinski definition) is 16. The van der Waals surface area contributed by atoms with Gasteiger partial charge < -0.3 is 129 Å². The summed E-state index contributed by atoms with van der Waals surface area (Å²) >= 11 is 0. The third-order valence-electron chi connectivity index (χ3n) is 23.4. The molecule has 0 aromatic carbocycles. The van der Waals surface area contributed by atoms with Gasteiger partial charge in [-0.3, -0.25) is 0 Å². The molecule has 9 fully saturated rings. The fourth-order valence-corrected chi connectivity index (χ4v) is 17.8. The molecule has 26 heteroatoms. The average Bonchev–Trinajstić information content (AvgIpc) is 0.777. The van der Waals surface area contributed by atoms with E-state index >= 15 is 0 Å². The summed E-state index contributed by atoms with van der Waals surface area (Å²) in [5.41, 5.74) is -1.16. The lowest BCUT2D eigenvalue weighted by molar-refractivity contribution is -0.398. The zero-order chi connectivity index (χ0) is 62.0. The maximum absolute atomic E-state index is 11.8. The maximum Gasteiger partial charge on any atom is 0.187 e. The second-order valence-corrected chi connectivity index (χ2v) is 28.7. The highest BCUT2D eigenvalue weighted by molar-refractivity contribution is 5.34. The van der Waals surface area contributed by atoms with Crippen molar-refractivity contribution in [2.24, 2.45) is 50.2 Å². The largest absolute Gasteiger partial charge is 0.396 e. The van der Waals surface area contributed by atoms with Gasteiger partial charge in [0.05, 0.1) is 51.3 Å². The van der Waals surface area contributed by atoms with E-state index in [-0.39, 0.29) is 52.6 Å². The molecule has 34 atom stereocenters. The van der Waals surface area contributed by atoms with Crippen LogP contribution in [-0.2, 0) is 47.4 Å². The van der Waals surface area contributed by atoms with Crippen molar-refractivity contribution in [3.8, 4) is 0 Å². The van der Waals surface area contributed by atoms with Gasteiger partial charge in [0.15, 0.2) is 31.5 Å². The van der Waals surface area contributed by atoms with Crippen molar-refractivity contribution in [2.75, 3.05) is 33.0 Å². The quantitative estimate of drug-likeness (QED) is 0.0605. The molecular weight excluding hydrogens is 1120 g/mol. The molecule has 0 bridgehead atoms. The van der Waals surface area contributed by atoms with Crippen LogP contribution in [0.15, 0.2) is 11.6 Å². The van der Waals surface area contributed by atoms with E-state index in [4.69, 9.17) is 47.4 Å². The molecule has 0 amide bonds. The van der Waals surface area contributed by atoms with Crippen molar-refractivity contribution >= 4 is 0 Å². The van der Waals surface area contributed by atoms with Crippen LogP contribution in [0.4, 0.5) is 0 Å². The van der Waals surface area contributed by atoms with Crippen molar-refractivity contribution < 1.29 is 129 Å². The first kappa shape index (κ1) is 66.6. The highest BCUT2D eigenvalue weighted by Crippen LogP contribution is 2.76. The number of rotatable bonds is 14. The van der Waals surface area contributed by atoms with Gasteiger partial charge in [0.25, 0.3) is 0 Å². The first-order valence-corrected chi connectivity index (χ1v) is 30.7. The zero-order valence-electron chi connectivity index (χ0n) is 50.0. The highest BCUT2D eigenvalue weighted by atomic mass is 16.8. The minimum atomic E-state index is -1.90. The molecule has 0 aromatic rings. The molecule has 4 saturated carbocycles. The van der Waals surface area contributed by atoms with Crippen LogP contribution < -0.4 is 0 Å². The Morgan fingerprint density at radius 1 is 0.471 bits per heavy atom. The smallest absolute Gasteiger partial charge is 0.187 e. The number of fused-ring (bicyclic) bond motifs is 7. The van der Waals surface area contributed by atoms with Gasteiger partial charge >= 0.3 is 0 Å². The molecular formula is C59H98O26. The Morgan fingerprint density at radius 3 is 1.55 bits per heavy atom. The fourth-order valence-electron chi connectivity index (χ4n) is 17.8. The first-order chi connectivity index (χ1) is 39.9. The Bertz CT molecular complexity index is 2320. The van der Waals surface area contributed by atoms with Crippen molar-refractivity contribution in [3.05, 3.63) is 11.6 Å². The molecule has 0 spiro atoms. The van der Waals surface area contributed by atoms with Crippen LogP contribution >= 0.6 is 0 Å². The van der Waals surface area contributed by atoms with E-state index in [9.17, 15) is 81.7 Å². The van der Waals surface area contributed by atoms with Gasteiger partial charge in [-0.05, 0) is 104 Å². The van der Waals surface area contributed by atoms with Gasteiger partial charge in [-0.15, -0.1) is 0 Å². The van der Waals surface area contributed by atoms with Crippen molar-refractivity contribution in [1.29, 1.82) is 0 Å². The Morgan fingerprint density at radius 2 is 0.976 bits per heavy atom. The molecule has 5 heterocycles. The van der Waals surface area contributed by atoms with Crippen LogP contribution in [0, 0.1) is 50.2 Å². The zero-order valence-corrected chi connectivity index (χ0v) is 50.0. The first-order valence-electron chi connectivity index (χ1n) is 30.7. The molecule has 5 aliphatic heterocycles. The van der Waals surface area contributed by atoms with E-state index in [1.807, 2.05) is 6.92 Å². The van der Waals surface area contributed by atoms with Gasteiger partial charge in [0.2, 0.25) is 0 Å². The van der Waals surface area contributed by atoms with E-state index in [1.54, 1.807) is 0 Å². The molecule has 5 aliphatic carbocycles. The summed E-state index contributed by atoms with van der Waals surface area (Å²) < 4.78 is 61.8. The SMILES string of the molecule is C[C@@H]1O[C@@H](O[C@H]2[C@H](O[C@H]3[C@H](O[C@H]4CC[C@@]5(C)[C@H](CC[C@]6(C)[C@H]5CC=C5[C@@H]7CC(C)(C)C[C@@H](O[C@@H]8OC[C@H](O)[C@H](O)[C@H]8O[C@@H]8O[C@H](CO)[C@@H](O)[C@H](O)[C@H]8O)[C@]7(C)CC[C@]56C)[C@@]4(C)CO)O[C@H](CO)[C@@H](O)[C@@H]3O)O[C@H](CO)[C@H](O)[C@@H]2O)[C@H](O)[C@H](O)[C@H]1O. The summed E-state index contributed by atoms with van der Waals surface area (Å²) in [4.78, 5) is 0. The Hall–Kier alpha value is -1.30. The van der Waals surface area contributed by atoms with E-state index in [0.717, 1.165) is 32.1 Å². The maximum atomic E-state index is 11.8. The van der Waals surface area contributed by atoms with Crippen molar-refractivity contribution in [1.82, 2.24) is 0 Å². The predicted octanol–water partition coefficient (Wildman–Crippen LogP) is -3.10. The summed E-state index contributed by atoms with van der Waals surface area (Å²) in [5, 5.41) is 174. The van der Waals surface area contributed by atoms with Crippen LogP contribution in [0.2, 0.25) is 0 Å². The van der Waals surface area contributed by atoms with Crippen LogP contribution in [0.25, 0.3) is 0 Å². The van der Waals surface area contributed by atoms with Gasteiger partial charge in [0.1, 0.15) is 110 Å². The second-order valence-electron chi connectivity index (χ2n) is 28.7. The molecule has 490 valence electrons. The molecule has 0 aromatic heterocycles. The molecule has 0 unspecified atom stereocenters. The normalized spacial score (nSPS) is 56.2. The molecule has 5 saturated heterocycles. The van der Waals surface area contributed by atoms with E-state index < -0.39 is 190 Å². The number of ether oxygens (including phenoxy) is 10. The lowest BCUT2D eigenvalue weighted by Crippen LogP contribution is -2.68. The third kappa shape index (κ3) is 11.2. The topological polar surface area (TPSA) is 416 Å². The van der Waals surface area contributed by atoms with Crippen LogP contribution in [0.3, 0.4) is 0 Å². The third-order valence-corrected chi connectivity index (χ3v) is 23.4. The van der Waals surface area contributed by atoms with Gasteiger partial charge in [0, 0.05) is 10.8 Å². The lowest BCUT2D eigenvalue weighted by atomic mass is 9.33. The minimum Gasteiger partial charge on any atom is -0.396 e. The van der Waals surface area contributed by atoms with Crippen molar-refractivity contribution in [2.45, 2.75) is 273 Å². The highest BCUT2D eigenvalue weighted by Gasteiger charge is 2.70. The molecule has 10 aliphatic rings. The van der Waals surface area contributed by atoms with E-state index in [0.29, 0.717) is 25.7 Å². The number of aliphatic hydroxyl groups is 16. The summed E-state index contributed by atoms with van der Waals surface area (Å²) in [6.07, 6.45) is -31.0. The second kappa shape index (κ2) is 24.6. The van der Waals surface area contributed by atoms with Gasteiger partial charge in [-0.1, -0.05) is 60.1 Å². The molecule has 0 radical (unpaired) electrons. The molecule has 26 nitrogen and oxygen atoms in total. The predicted molar refractivity (Wildman–Crippen MR) is 289 cm³/mol. The molecule has 16 N–H and O–H groups in total. The van der Waals surface area contributed by atoms with Crippen molar-refractivity contribution in [3.63, 3.8) is 0 Å². The Kier molecular flexibility index (Phi) is 19.3. The fraction of sp³-hybridized carbons (Fsp3) is 0.966. The van der Waals surface area contributed by atoms with E-state index in [2.05, 4.69) is 47.6 Å². The summed E-state index contributed by atoms with van der Waals surface area (Å²) in [7, 11) is 0. The number of aliphatic hydroxyl groups excluding tert-OH is 16. The van der Waals surface area contributed by atoms with Crippen LogP contribution in [0.1, 0.15) is 113 Å². The number of allylic oxidation sites excluding steroid dienone is 2. The Labute approximate surface area is 495 Å². The molecule has 85 heavy (non-hydrogen) atoms. The van der Waals surface area contributed by atoms with Gasteiger partial charge in [-0.25, -0.2) is 0 Å². The monoisotopic (exact) mass is 1220 g/mol. The average molecular weight is 1220 g/mol. The Balaban J connectivity index is 0.890. The summed E-state index contributed by atoms with van der Waals surface area (Å²) in [5.74, 6) is 0.0484. The van der Waals surface area contributed by atoms with E-state index in [1.165, 1.54) is 12.5 Å².